The van der Waals surface area contributed by atoms with Crippen molar-refractivity contribution >= 4 is 27.5 Å². The molecule has 0 saturated heterocycles. The normalized spacial score (nSPS) is 11.3. The first-order chi connectivity index (χ1) is 11.8. The highest BCUT2D eigenvalue weighted by Crippen LogP contribution is 2.14. The van der Waals surface area contributed by atoms with Crippen LogP contribution in [0.5, 0.6) is 0 Å². The summed E-state index contributed by atoms with van der Waals surface area (Å²) in [6.07, 6.45) is 0. The lowest BCUT2D eigenvalue weighted by atomic mass is 10.1. The van der Waals surface area contributed by atoms with Gasteiger partial charge in [0.25, 0.3) is 0 Å². The Kier molecular flexibility index (Phi) is 6.58. The highest BCUT2D eigenvalue weighted by atomic mass is 35.5. The Labute approximate surface area is 153 Å². The molecule has 0 aliphatic carbocycles. The van der Waals surface area contributed by atoms with Crippen molar-refractivity contribution in [1.82, 2.24) is 9.62 Å². The van der Waals surface area contributed by atoms with Crippen molar-refractivity contribution in [1.29, 1.82) is 0 Å². The van der Waals surface area contributed by atoms with Crippen LogP contribution in [0, 0.1) is 6.92 Å². The number of amides is 1. The molecular formula is C18H21ClN2O3S. The van der Waals surface area contributed by atoms with Crippen LogP contribution in [0.25, 0.3) is 0 Å². The largest absolute Gasteiger partial charge is 0.337 e. The molecule has 0 radical (unpaired) electrons. The quantitative estimate of drug-likeness (QED) is 0.803. The van der Waals surface area contributed by atoms with E-state index >= 15 is 0 Å². The van der Waals surface area contributed by atoms with Gasteiger partial charge < -0.3 is 4.90 Å². The van der Waals surface area contributed by atoms with E-state index in [1.165, 1.54) is 31.2 Å². The molecule has 5 nitrogen and oxygen atoms in total. The predicted octanol–water partition coefficient (Wildman–Crippen LogP) is 2.98. The number of sulfonamides is 1. The summed E-state index contributed by atoms with van der Waals surface area (Å²) in [6, 6.07) is 13.7. The van der Waals surface area contributed by atoms with Crippen LogP contribution in [0.3, 0.4) is 0 Å². The molecule has 25 heavy (non-hydrogen) atoms. The fraction of sp³-hybridized carbons (Fsp3) is 0.278. The molecule has 7 heteroatoms. The standard InChI is InChI=1S/C18H21ClN2O3S/c1-14-5-3-4-6-16(14)13-21(15(2)22)12-11-20-25(23,24)18-9-7-17(19)8-10-18/h3-10,20H,11-13H2,1-2H3. The van der Waals surface area contributed by atoms with E-state index in [9.17, 15) is 13.2 Å². The fourth-order valence-corrected chi connectivity index (χ4v) is 3.50. The van der Waals surface area contributed by atoms with Gasteiger partial charge in [-0.15, -0.1) is 0 Å². The van der Waals surface area contributed by atoms with E-state index in [4.69, 9.17) is 11.6 Å². The third-order valence-corrected chi connectivity index (χ3v) is 5.59. The van der Waals surface area contributed by atoms with E-state index in [1.807, 2.05) is 31.2 Å². The third kappa shape index (κ3) is 5.56. The topological polar surface area (TPSA) is 66.5 Å². The lowest BCUT2D eigenvalue weighted by molar-refractivity contribution is -0.129. The number of hydrogen-bond acceptors (Lipinski definition) is 3. The van der Waals surface area contributed by atoms with E-state index in [0.717, 1.165) is 11.1 Å². The van der Waals surface area contributed by atoms with Crippen molar-refractivity contribution in [3.63, 3.8) is 0 Å². The van der Waals surface area contributed by atoms with Gasteiger partial charge in [0.1, 0.15) is 0 Å². The van der Waals surface area contributed by atoms with E-state index in [1.54, 1.807) is 4.90 Å². The monoisotopic (exact) mass is 380 g/mol. The van der Waals surface area contributed by atoms with E-state index in [2.05, 4.69) is 4.72 Å². The molecule has 1 amide bonds. The zero-order chi connectivity index (χ0) is 18.4. The summed E-state index contributed by atoms with van der Waals surface area (Å²) in [7, 11) is -3.63. The number of nitrogens with one attached hydrogen (secondary N) is 1. The molecule has 0 spiro atoms. The van der Waals surface area contributed by atoms with E-state index < -0.39 is 10.0 Å². The van der Waals surface area contributed by atoms with Crippen LogP contribution >= 0.6 is 11.6 Å². The van der Waals surface area contributed by atoms with Gasteiger partial charge in [-0.25, -0.2) is 13.1 Å². The number of aryl methyl sites for hydroxylation is 1. The molecule has 0 unspecified atom stereocenters. The minimum absolute atomic E-state index is 0.103. The summed E-state index contributed by atoms with van der Waals surface area (Å²) in [4.78, 5) is 13.6. The molecule has 2 aromatic carbocycles. The first kappa shape index (κ1) is 19.4. The Bertz CT molecular complexity index is 836. The van der Waals surface area contributed by atoms with Gasteiger partial charge in [0.05, 0.1) is 4.90 Å². The van der Waals surface area contributed by atoms with Crippen LogP contribution in [-0.4, -0.2) is 32.3 Å². The number of benzene rings is 2. The molecule has 0 fully saturated rings. The Morgan fingerprint density at radius 3 is 2.36 bits per heavy atom. The van der Waals surface area contributed by atoms with Crippen LogP contribution in [0.4, 0.5) is 0 Å². The summed E-state index contributed by atoms with van der Waals surface area (Å²) in [6.45, 7) is 4.33. The molecule has 0 aliphatic heterocycles. The van der Waals surface area contributed by atoms with Crippen molar-refractivity contribution < 1.29 is 13.2 Å². The summed E-state index contributed by atoms with van der Waals surface area (Å²) in [5, 5.41) is 0.472. The SMILES string of the molecule is CC(=O)N(CCNS(=O)(=O)c1ccc(Cl)cc1)Cc1ccccc1C. The first-order valence-corrected chi connectivity index (χ1v) is 9.71. The Balaban J connectivity index is 1.98. The van der Waals surface area contributed by atoms with Gasteiger partial charge >= 0.3 is 0 Å². The number of carbonyl (C=O) groups is 1. The number of nitrogens with zero attached hydrogens (tertiary/aromatic N) is 1. The smallest absolute Gasteiger partial charge is 0.240 e. The maximum absolute atomic E-state index is 12.2. The van der Waals surface area contributed by atoms with Gasteiger partial charge in [-0.1, -0.05) is 35.9 Å². The van der Waals surface area contributed by atoms with Crippen molar-refractivity contribution in [2.24, 2.45) is 0 Å². The second-order valence-electron chi connectivity index (χ2n) is 5.72. The van der Waals surface area contributed by atoms with Crippen LogP contribution in [-0.2, 0) is 21.4 Å². The molecule has 2 aromatic rings. The van der Waals surface area contributed by atoms with Crippen molar-refractivity contribution in [2.45, 2.75) is 25.3 Å². The lowest BCUT2D eigenvalue weighted by Gasteiger charge is -2.22. The molecule has 0 heterocycles. The Morgan fingerprint density at radius 2 is 1.76 bits per heavy atom. The van der Waals surface area contributed by atoms with Crippen LogP contribution in [0.1, 0.15) is 18.1 Å². The molecule has 0 saturated carbocycles. The molecule has 0 aromatic heterocycles. The average Bonchev–Trinajstić information content (AvgIpc) is 2.56. The third-order valence-electron chi connectivity index (χ3n) is 3.87. The number of carbonyl (C=O) groups excluding carboxylic acids is 1. The Morgan fingerprint density at radius 1 is 1.12 bits per heavy atom. The molecule has 0 bridgehead atoms. The maximum Gasteiger partial charge on any atom is 0.240 e. The molecule has 1 N–H and O–H groups in total. The summed E-state index contributed by atoms with van der Waals surface area (Å²) in [5.41, 5.74) is 2.13. The minimum atomic E-state index is -3.63. The molecule has 2 rings (SSSR count). The maximum atomic E-state index is 12.2. The second kappa shape index (κ2) is 8.47. The first-order valence-electron chi connectivity index (χ1n) is 7.85. The lowest BCUT2D eigenvalue weighted by Crippen LogP contribution is -2.37. The minimum Gasteiger partial charge on any atom is -0.337 e. The number of rotatable bonds is 7. The van der Waals surface area contributed by atoms with Gasteiger partial charge in [-0.05, 0) is 42.3 Å². The second-order valence-corrected chi connectivity index (χ2v) is 7.92. The fourth-order valence-electron chi connectivity index (χ4n) is 2.35. The molecule has 0 atom stereocenters. The summed E-state index contributed by atoms with van der Waals surface area (Å²) in [5.74, 6) is -0.103. The Hall–Kier alpha value is -1.89. The van der Waals surface area contributed by atoms with E-state index in [-0.39, 0.29) is 23.9 Å². The van der Waals surface area contributed by atoms with Crippen LogP contribution in [0.15, 0.2) is 53.4 Å². The van der Waals surface area contributed by atoms with Gasteiger partial charge in [0.15, 0.2) is 0 Å². The highest BCUT2D eigenvalue weighted by Gasteiger charge is 2.15. The van der Waals surface area contributed by atoms with Crippen LogP contribution in [0.2, 0.25) is 5.02 Å². The number of halogens is 1. The van der Waals surface area contributed by atoms with E-state index in [0.29, 0.717) is 11.6 Å². The van der Waals surface area contributed by atoms with Crippen molar-refractivity contribution in [2.75, 3.05) is 13.1 Å². The highest BCUT2D eigenvalue weighted by molar-refractivity contribution is 7.89. The summed E-state index contributed by atoms with van der Waals surface area (Å²) >= 11 is 5.77. The van der Waals surface area contributed by atoms with Gasteiger partial charge in [0.2, 0.25) is 15.9 Å². The van der Waals surface area contributed by atoms with Gasteiger partial charge in [-0.2, -0.15) is 0 Å². The summed E-state index contributed by atoms with van der Waals surface area (Å²) < 4.78 is 27.0. The average molecular weight is 381 g/mol. The molecule has 134 valence electrons. The van der Waals surface area contributed by atoms with Crippen molar-refractivity contribution in [3.05, 3.63) is 64.7 Å². The zero-order valence-corrected chi connectivity index (χ0v) is 15.8. The van der Waals surface area contributed by atoms with Crippen molar-refractivity contribution in [3.8, 4) is 0 Å². The van der Waals surface area contributed by atoms with Gasteiger partial charge in [-0.3, -0.25) is 4.79 Å². The number of hydrogen-bond donors (Lipinski definition) is 1. The molecule has 0 aliphatic rings. The molecular weight excluding hydrogens is 360 g/mol. The van der Waals surface area contributed by atoms with Gasteiger partial charge in [0, 0.05) is 31.6 Å². The van der Waals surface area contributed by atoms with Crippen LogP contribution < -0.4 is 4.72 Å². The predicted molar refractivity (Wildman–Crippen MR) is 98.9 cm³/mol. The zero-order valence-electron chi connectivity index (χ0n) is 14.2.